The van der Waals surface area contributed by atoms with Crippen LogP contribution in [-0.2, 0) is 0 Å². The quantitative estimate of drug-likeness (QED) is 0.839. The smallest absolute Gasteiger partial charge is 0.353 e. The lowest BCUT2D eigenvalue weighted by atomic mass is 9.85. The van der Waals surface area contributed by atoms with Crippen LogP contribution in [0.4, 0.5) is 5.95 Å². The Morgan fingerprint density at radius 3 is 2.27 bits per heavy atom. The van der Waals surface area contributed by atoms with Gasteiger partial charge in [-0.15, -0.1) is 0 Å². The van der Waals surface area contributed by atoms with Gasteiger partial charge >= 0.3 is 11.4 Å². The number of aromatic amines is 1. The molecule has 146 valence electrons. The molecule has 0 aromatic carbocycles. The Hall–Kier alpha value is -1.63. The number of aromatic nitrogens is 3. The molecule has 1 aliphatic carbocycles. The van der Waals surface area contributed by atoms with E-state index in [1.165, 1.54) is 36.7 Å². The van der Waals surface area contributed by atoms with E-state index in [1.807, 2.05) is 0 Å². The fourth-order valence-electron chi connectivity index (χ4n) is 4.44. The average Bonchev–Trinajstić information content (AvgIpc) is 2.62. The van der Waals surface area contributed by atoms with Crippen LogP contribution in [0.3, 0.4) is 0 Å². The molecular weight excluding hydrogens is 330 g/mol. The van der Waals surface area contributed by atoms with Gasteiger partial charge in [0.15, 0.2) is 0 Å². The lowest BCUT2D eigenvalue weighted by molar-refractivity contribution is 0.148. The number of nitrogens with one attached hydrogen (secondary N) is 2. The molecule has 1 saturated heterocycles. The molecule has 2 fully saturated rings. The molecular formula is C19H33N5O2. The Bertz CT molecular complexity index is 665. The molecule has 1 aromatic rings. The van der Waals surface area contributed by atoms with E-state index in [4.69, 9.17) is 0 Å². The first-order valence-electron chi connectivity index (χ1n) is 10.2. The molecule has 7 nitrogen and oxygen atoms in total. The zero-order valence-electron chi connectivity index (χ0n) is 16.3. The Balaban J connectivity index is 1.69. The molecule has 1 saturated carbocycles. The molecule has 2 heterocycles. The SMILES string of the molecule is CC(C)N1CCC(n2c(=O)nc(N[C@@H](C)C3CCCCC3)[nH]c2=O)CC1. The van der Waals surface area contributed by atoms with E-state index in [1.54, 1.807) is 0 Å². The molecule has 0 bridgehead atoms. The van der Waals surface area contributed by atoms with E-state index in [0.29, 0.717) is 17.9 Å². The first kappa shape index (κ1) is 19.1. The van der Waals surface area contributed by atoms with Crippen LogP contribution in [0, 0.1) is 5.92 Å². The van der Waals surface area contributed by atoms with Crippen molar-refractivity contribution in [2.24, 2.45) is 5.92 Å². The number of rotatable bonds is 5. The maximum Gasteiger partial charge on any atom is 0.355 e. The molecule has 1 aliphatic heterocycles. The zero-order valence-corrected chi connectivity index (χ0v) is 16.3. The first-order chi connectivity index (χ1) is 12.5. The van der Waals surface area contributed by atoms with Crippen LogP contribution in [0.5, 0.6) is 0 Å². The largest absolute Gasteiger partial charge is 0.355 e. The monoisotopic (exact) mass is 363 g/mol. The molecule has 1 atom stereocenters. The van der Waals surface area contributed by atoms with Gasteiger partial charge in [0.2, 0.25) is 5.95 Å². The lowest BCUT2D eigenvalue weighted by Crippen LogP contribution is -2.46. The van der Waals surface area contributed by atoms with Gasteiger partial charge in [-0.2, -0.15) is 4.98 Å². The van der Waals surface area contributed by atoms with Crippen molar-refractivity contribution in [3.8, 4) is 0 Å². The second-order valence-electron chi connectivity index (χ2n) is 8.24. The summed E-state index contributed by atoms with van der Waals surface area (Å²) in [7, 11) is 0. The normalized spacial score (nSPS) is 21.8. The number of likely N-dealkylation sites (tertiary alicyclic amines) is 1. The van der Waals surface area contributed by atoms with Crippen LogP contribution in [-0.4, -0.2) is 44.6 Å². The summed E-state index contributed by atoms with van der Waals surface area (Å²) in [5, 5.41) is 3.26. The second kappa shape index (κ2) is 8.37. The van der Waals surface area contributed by atoms with Crippen LogP contribution in [0.25, 0.3) is 0 Å². The number of piperidine rings is 1. The minimum absolute atomic E-state index is 0.0569. The molecule has 2 aliphatic rings. The van der Waals surface area contributed by atoms with Crippen LogP contribution >= 0.6 is 0 Å². The summed E-state index contributed by atoms with van der Waals surface area (Å²) < 4.78 is 1.31. The first-order valence-corrected chi connectivity index (χ1v) is 10.2. The van der Waals surface area contributed by atoms with Crippen molar-refractivity contribution in [1.82, 2.24) is 19.4 Å². The maximum atomic E-state index is 12.5. The Kier molecular flexibility index (Phi) is 6.16. The molecule has 0 unspecified atom stereocenters. The van der Waals surface area contributed by atoms with Gasteiger partial charge in [0.05, 0.1) is 0 Å². The molecule has 0 radical (unpaired) electrons. The van der Waals surface area contributed by atoms with E-state index in [9.17, 15) is 9.59 Å². The predicted molar refractivity (Wildman–Crippen MR) is 104 cm³/mol. The van der Waals surface area contributed by atoms with Gasteiger partial charge in [0.25, 0.3) is 0 Å². The maximum absolute atomic E-state index is 12.5. The summed E-state index contributed by atoms with van der Waals surface area (Å²) in [4.78, 5) is 34.4. The van der Waals surface area contributed by atoms with Gasteiger partial charge in [-0.1, -0.05) is 19.3 Å². The van der Waals surface area contributed by atoms with Crippen molar-refractivity contribution < 1.29 is 0 Å². The minimum Gasteiger partial charge on any atom is -0.353 e. The highest BCUT2D eigenvalue weighted by Gasteiger charge is 2.25. The van der Waals surface area contributed by atoms with Crippen molar-refractivity contribution in [2.45, 2.75) is 83.8 Å². The third-order valence-corrected chi connectivity index (χ3v) is 6.17. The predicted octanol–water partition coefficient (Wildman–Crippen LogP) is 2.36. The Morgan fingerprint density at radius 1 is 1.04 bits per heavy atom. The van der Waals surface area contributed by atoms with Crippen LogP contribution < -0.4 is 16.7 Å². The number of hydrogen-bond donors (Lipinski definition) is 2. The third kappa shape index (κ3) is 4.37. The van der Waals surface area contributed by atoms with Crippen LogP contribution in [0.1, 0.15) is 71.8 Å². The topological polar surface area (TPSA) is 83.0 Å². The molecule has 2 N–H and O–H groups in total. The summed E-state index contributed by atoms with van der Waals surface area (Å²) in [6.07, 6.45) is 7.86. The lowest BCUT2D eigenvalue weighted by Gasteiger charge is -2.34. The van der Waals surface area contributed by atoms with E-state index in [2.05, 4.69) is 41.0 Å². The molecule has 7 heteroatoms. The summed E-state index contributed by atoms with van der Waals surface area (Å²) in [5.74, 6) is 0.894. The van der Waals surface area contributed by atoms with E-state index >= 15 is 0 Å². The highest BCUT2D eigenvalue weighted by atomic mass is 16.2. The minimum atomic E-state index is -0.435. The van der Waals surface area contributed by atoms with Gasteiger partial charge in [-0.25, -0.2) is 14.2 Å². The van der Waals surface area contributed by atoms with Crippen molar-refractivity contribution in [3.05, 3.63) is 21.0 Å². The summed E-state index contributed by atoms with van der Waals surface area (Å²) in [6.45, 7) is 8.28. The molecule has 3 rings (SSSR count). The van der Waals surface area contributed by atoms with Crippen molar-refractivity contribution in [3.63, 3.8) is 0 Å². The highest BCUT2D eigenvalue weighted by Crippen LogP contribution is 2.27. The fraction of sp³-hybridized carbons (Fsp3) is 0.842. The van der Waals surface area contributed by atoms with E-state index in [-0.39, 0.29) is 17.8 Å². The number of nitrogens with zero attached hydrogens (tertiary/aromatic N) is 3. The van der Waals surface area contributed by atoms with E-state index in [0.717, 1.165) is 25.9 Å². The van der Waals surface area contributed by atoms with E-state index < -0.39 is 5.69 Å². The van der Waals surface area contributed by atoms with Crippen LogP contribution in [0.15, 0.2) is 9.59 Å². The fourth-order valence-corrected chi connectivity index (χ4v) is 4.44. The molecule has 0 amide bonds. The number of hydrogen-bond acceptors (Lipinski definition) is 5. The molecule has 0 spiro atoms. The third-order valence-electron chi connectivity index (χ3n) is 6.17. The Morgan fingerprint density at radius 2 is 1.69 bits per heavy atom. The van der Waals surface area contributed by atoms with Gasteiger partial charge in [-0.3, -0.25) is 4.98 Å². The molecule has 1 aromatic heterocycles. The average molecular weight is 364 g/mol. The van der Waals surface area contributed by atoms with Gasteiger partial charge < -0.3 is 10.2 Å². The highest BCUT2D eigenvalue weighted by molar-refractivity contribution is 5.23. The Labute approximate surface area is 155 Å². The standard InChI is InChI=1S/C19H33N5O2/c1-13(2)23-11-9-16(10-12-23)24-18(25)21-17(22-19(24)26)20-14(3)15-7-5-4-6-8-15/h13-16H,4-12H2,1-3H3,(H2,20,21,22,25,26)/t14-/m0/s1. The van der Waals surface area contributed by atoms with Crippen molar-refractivity contribution >= 4 is 5.95 Å². The van der Waals surface area contributed by atoms with Crippen molar-refractivity contribution in [2.75, 3.05) is 18.4 Å². The van der Waals surface area contributed by atoms with Crippen molar-refractivity contribution in [1.29, 1.82) is 0 Å². The second-order valence-corrected chi connectivity index (χ2v) is 8.24. The molecule has 26 heavy (non-hydrogen) atoms. The zero-order chi connectivity index (χ0) is 18.7. The summed E-state index contributed by atoms with van der Waals surface area (Å²) in [5.41, 5.74) is -0.776. The van der Waals surface area contributed by atoms with Gasteiger partial charge in [0, 0.05) is 31.2 Å². The summed E-state index contributed by atoms with van der Waals surface area (Å²) >= 11 is 0. The van der Waals surface area contributed by atoms with Gasteiger partial charge in [0.1, 0.15) is 0 Å². The van der Waals surface area contributed by atoms with Crippen LogP contribution in [0.2, 0.25) is 0 Å². The number of H-pyrrole nitrogens is 1. The van der Waals surface area contributed by atoms with Gasteiger partial charge in [-0.05, 0) is 52.4 Å². The number of anilines is 1. The summed E-state index contributed by atoms with van der Waals surface area (Å²) in [6, 6.07) is 0.651.